The molecule has 1 aliphatic rings. The molecule has 0 unspecified atom stereocenters. The Labute approximate surface area is 134 Å². The van der Waals surface area contributed by atoms with Crippen LogP contribution in [0.25, 0.3) is 5.82 Å². The molecule has 0 radical (unpaired) electrons. The molecular formula is C14H12ClF3N4O. The van der Waals surface area contributed by atoms with Crippen molar-refractivity contribution in [3.63, 3.8) is 0 Å². The fourth-order valence-electron chi connectivity index (χ4n) is 2.17. The number of hydrogen-bond donors (Lipinski definition) is 1. The molecule has 122 valence electrons. The summed E-state index contributed by atoms with van der Waals surface area (Å²) < 4.78 is 39.8. The Bertz CT molecular complexity index is 723. The van der Waals surface area contributed by atoms with Crippen LogP contribution in [0, 0.1) is 0 Å². The predicted molar refractivity (Wildman–Crippen MR) is 77.7 cm³/mol. The van der Waals surface area contributed by atoms with Gasteiger partial charge in [0.1, 0.15) is 5.88 Å². The Morgan fingerprint density at radius 3 is 2.65 bits per heavy atom. The van der Waals surface area contributed by atoms with Crippen molar-refractivity contribution >= 4 is 23.2 Å². The van der Waals surface area contributed by atoms with Gasteiger partial charge in [-0.1, -0.05) is 0 Å². The Hall–Kier alpha value is -2.09. The van der Waals surface area contributed by atoms with E-state index in [0.717, 1.165) is 18.9 Å². The first-order chi connectivity index (χ1) is 10.9. The topological polar surface area (TPSA) is 59.8 Å². The molecule has 9 heteroatoms. The predicted octanol–water partition coefficient (Wildman–Crippen LogP) is 3.34. The van der Waals surface area contributed by atoms with Gasteiger partial charge in [-0.3, -0.25) is 4.79 Å². The zero-order chi connectivity index (χ0) is 16.6. The molecule has 0 atom stereocenters. The Kier molecular flexibility index (Phi) is 4.01. The van der Waals surface area contributed by atoms with Gasteiger partial charge in [-0.2, -0.15) is 18.3 Å². The Morgan fingerprint density at radius 1 is 1.39 bits per heavy atom. The van der Waals surface area contributed by atoms with Crippen LogP contribution in [-0.2, 0) is 11.0 Å². The fraction of sp³-hybridized carbons (Fsp3) is 0.357. The van der Waals surface area contributed by atoms with Crippen molar-refractivity contribution in [2.45, 2.75) is 24.9 Å². The zero-order valence-corrected chi connectivity index (χ0v) is 12.5. The third-order valence-electron chi connectivity index (χ3n) is 3.39. The first kappa shape index (κ1) is 15.8. The van der Waals surface area contributed by atoms with Gasteiger partial charge < -0.3 is 5.32 Å². The molecule has 0 aromatic carbocycles. The molecule has 2 aromatic rings. The van der Waals surface area contributed by atoms with Gasteiger partial charge in [0.05, 0.1) is 11.9 Å². The number of carbonyl (C=O) groups is 1. The molecule has 0 spiro atoms. The van der Waals surface area contributed by atoms with Gasteiger partial charge in [0, 0.05) is 11.6 Å². The van der Waals surface area contributed by atoms with Crippen molar-refractivity contribution < 1.29 is 18.0 Å². The molecular weight excluding hydrogens is 333 g/mol. The van der Waals surface area contributed by atoms with Gasteiger partial charge in [-0.15, -0.1) is 11.6 Å². The Morgan fingerprint density at radius 2 is 2.13 bits per heavy atom. The number of halogens is 4. The maximum Gasteiger partial charge on any atom is 0.435 e. The number of anilines is 1. The quantitative estimate of drug-likeness (QED) is 0.865. The van der Waals surface area contributed by atoms with E-state index < -0.39 is 17.8 Å². The highest BCUT2D eigenvalue weighted by Crippen LogP contribution is 2.42. The zero-order valence-electron chi connectivity index (χ0n) is 11.8. The summed E-state index contributed by atoms with van der Waals surface area (Å²) in [5, 5.41) is 6.15. The number of hydrogen-bond acceptors (Lipinski definition) is 3. The first-order valence-corrected chi connectivity index (χ1v) is 7.41. The van der Waals surface area contributed by atoms with Gasteiger partial charge in [-0.25, -0.2) is 9.67 Å². The summed E-state index contributed by atoms with van der Waals surface area (Å²) in [4.78, 5) is 15.3. The van der Waals surface area contributed by atoms with Crippen LogP contribution in [-0.4, -0.2) is 26.6 Å². The van der Waals surface area contributed by atoms with Gasteiger partial charge >= 0.3 is 6.18 Å². The summed E-state index contributed by atoms with van der Waals surface area (Å²) in [6.07, 6.45) is -1.46. The summed E-state index contributed by atoms with van der Waals surface area (Å²) >= 11 is 5.38. The molecule has 1 N–H and O–H groups in total. The lowest BCUT2D eigenvalue weighted by Crippen LogP contribution is -2.13. The van der Waals surface area contributed by atoms with Crippen molar-refractivity contribution in [3.05, 3.63) is 35.8 Å². The highest BCUT2D eigenvalue weighted by atomic mass is 35.5. The average molecular weight is 345 g/mol. The van der Waals surface area contributed by atoms with E-state index in [1.807, 2.05) is 0 Å². The first-order valence-electron chi connectivity index (χ1n) is 6.88. The van der Waals surface area contributed by atoms with E-state index in [1.54, 1.807) is 6.07 Å². The minimum Gasteiger partial charge on any atom is -0.324 e. The summed E-state index contributed by atoms with van der Waals surface area (Å²) in [7, 11) is 0. The van der Waals surface area contributed by atoms with Crippen molar-refractivity contribution in [3.8, 4) is 5.82 Å². The van der Waals surface area contributed by atoms with Gasteiger partial charge in [0.25, 0.3) is 0 Å². The second-order valence-corrected chi connectivity index (χ2v) is 5.49. The number of carbonyl (C=O) groups excluding carboxylic acids is 1. The molecule has 1 fully saturated rings. The SMILES string of the molecule is O=C(CCl)Nc1ccc(-n2nc(C(F)(F)F)cc2C2CC2)nc1. The lowest BCUT2D eigenvalue weighted by Gasteiger charge is -2.07. The molecule has 3 rings (SSSR count). The molecule has 2 aromatic heterocycles. The standard InChI is InChI=1S/C14H12ClF3N4O/c15-6-13(23)20-9-3-4-12(19-7-9)22-10(8-1-2-8)5-11(21-22)14(16,17)18/h3-5,7-8H,1-2,6H2,(H,20,23). The van der Waals surface area contributed by atoms with E-state index in [0.29, 0.717) is 11.4 Å². The van der Waals surface area contributed by atoms with Crippen molar-refractivity contribution in [1.82, 2.24) is 14.8 Å². The summed E-state index contributed by atoms with van der Waals surface area (Å²) in [5.74, 6) is -0.234. The molecule has 0 bridgehead atoms. The van der Waals surface area contributed by atoms with E-state index in [2.05, 4.69) is 15.4 Å². The Balaban J connectivity index is 1.91. The highest BCUT2D eigenvalue weighted by Gasteiger charge is 2.38. The third-order valence-corrected chi connectivity index (χ3v) is 3.64. The molecule has 5 nitrogen and oxygen atoms in total. The van der Waals surface area contributed by atoms with Crippen LogP contribution in [0.5, 0.6) is 0 Å². The van der Waals surface area contributed by atoms with Crippen LogP contribution in [0.15, 0.2) is 24.4 Å². The minimum absolute atomic E-state index is 0.0797. The van der Waals surface area contributed by atoms with E-state index >= 15 is 0 Å². The monoisotopic (exact) mass is 344 g/mol. The summed E-state index contributed by atoms with van der Waals surface area (Å²) in [5.41, 5.74) is -0.0151. The lowest BCUT2D eigenvalue weighted by molar-refractivity contribution is -0.141. The molecule has 0 aliphatic heterocycles. The van der Waals surface area contributed by atoms with Crippen LogP contribution >= 0.6 is 11.6 Å². The maximum absolute atomic E-state index is 12.9. The van der Waals surface area contributed by atoms with E-state index in [-0.39, 0.29) is 17.6 Å². The van der Waals surface area contributed by atoms with Crippen LogP contribution in [0.3, 0.4) is 0 Å². The van der Waals surface area contributed by atoms with Crippen molar-refractivity contribution in [2.75, 3.05) is 11.2 Å². The number of pyridine rings is 1. The summed E-state index contributed by atoms with van der Waals surface area (Å²) in [6.45, 7) is 0. The number of aromatic nitrogens is 3. The molecule has 1 saturated carbocycles. The largest absolute Gasteiger partial charge is 0.435 e. The molecule has 0 saturated heterocycles. The molecule has 2 heterocycles. The second-order valence-electron chi connectivity index (χ2n) is 5.23. The minimum atomic E-state index is -4.50. The van der Waals surface area contributed by atoms with Crippen molar-refractivity contribution in [2.24, 2.45) is 0 Å². The fourth-order valence-corrected chi connectivity index (χ4v) is 2.23. The smallest absolute Gasteiger partial charge is 0.324 e. The average Bonchev–Trinajstić information content (AvgIpc) is 3.25. The number of nitrogens with zero attached hydrogens (tertiary/aromatic N) is 3. The summed E-state index contributed by atoms with van der Waals surface area (Å²) in [6, 6.07) is 4.11. The molecule has 1 amide bonds. The van der Waals surface area contributed by atoms with Gasteiger partial charge in [0.15, 0.2) is 11.5 Å². The number of alkyl halides is 4. The van der Waals surface area contributed by atoms with Crippen LogP contribution in [0.2, 0.25) is 0 Å². The third kappa shape index (κ3) is 3.47. The lowest BCUT2D eigenvalue weighted by atomic mass is 10.2. The molecule has 1 aliphatic carbocycles. The number of amides is 1. The van der Waals surface area contributed by atoms with E-state index in [1.165, 1.54) is 16.9 Å². The maximum atomic E-state index is 12.9. The van der Waals surface area contributed by atoms with Crippen LogP contribution in [0.4, 0.5) is 18.9 Å². The normalized spacial score (nSPS) is 14.8. The van der Waals surface area contributed by atoms with Gasteiger partial charge in [0.2, 0.25) is 5.91 Å². The van der Waals surface area contributed by atoms with E-state index in [9.17, 15) is 18.0 Å². The van der Waals surface area contributed by atoms with Crippen LogP contribution < -0.4 is 5.32 Å². The molecule has 23 heavy (non-hydrogen) atoms. The van der Waals surface area contributed by atoms with Crippen LogP contribution in [0.1, 0.15) is 30.1 Å². The van der Waals surface area contributed by atoms with Crippen molar-refractivity contribution in [1.29, 1.82) is 0 Å². The van der Waals surface area contributed by atoms with E-state index in [4.69, 9.17) is 11.6 Å². The number of rotatable bonds is 4. The second kappa shape index (κ2) is 5.84. The number of nitrogens with one attached hydrogen (secondary N) is 1. The highest BCUT2D eigenvalue weighted by molar-refractivity contribution is 6.29. The van der Waals surface area contributed by atoms with Gasteiger partial charge in [-0.05, 0) is 31.0 Å².